The van der Waals surface area contributed by atoms with Gasteiger partial charge in [-0.3, -0.25) is 9.48 Å². The molecule has 3 rings (SSSR count). The quantitative estimate of drug-likeness (QED) is 0.867. The maximum atomic E-state index is 12.7. The first-order valence-corrected chi connectivity index (χ1v) is 8.14. The number of carbonyl (C=O) groups excluding carboxylic acids is 1. The summed E-state index contributed by atoms with van der Waals surface area (Å²) in [7, 11) is 1.74. The summed E-state index contributed by atoms with van der Waals surface area (Å²) in [5, 5.41) is 4.61. The van der Waals surface area contributed by atoms with E-state index in [9.17, 15) is 4.79 Å². The van der Waals surface area contributed by atoms with Gasteiger partial charge in [0.25, 0.3) is 5.91 Å². The molecule has 0 aliphatic carbocycles. The van der Waals surface area contributed by atoms with Crippen molar-refractivity contribution in [3.05, 3.63) is 46.7 Å². The van der Waals surface area contributed by atoms with Crippen molar-refractivity contribution in [2.24, 2.45) is 7.05 Å². The predicted molar refractivity (Wildman–Crippen MR) is 89.0 cm³/mol. The Kier molecular flexibility index (Phi) is 4.57. The molecule has 0 unspecified atom stereocenters. The molecule has 2 heterocycles. The minimum Gasteiger partial charge on any atom is -0.490 e. The zero-order valence-corrected chi connectivity index (χ0v) is 14.1. The molecular formula is C17H20ClN3O2. The Hall–Kier alpha value is -2.01. The number of likely N-dealkylation sites (tertiary alicyclic amines) is 1. The number of aromatic nitrogens is 2. The van der Waals surface area contributed by atoms with Crippen molar-refractivity contribution >= 4 is 17.5 Å². The summed E-state index contributed by atoms with van der Waals surface area (Å²) in [6, 6.07) is 9.79. The third-order valence-corrected chi connectivity index (χ3v) is 4.57. The summed E-state index contributed by atoms with van der Waals surface area (Å²) in [4.78, 5) is 14.5. The van der Waals surface area contributed by atoms with Gasteiger partial charge in [0.15, 0.2) is 0 Å². The highest BCUT2D eigenvalue weighted by Gasteiger charge is 2.28. The predicted octanol–water partition coefficient (Wildman–Crippen LogP) is 3.07. The molecule has 1 aromatic carbocycles. The Morgan fingerprint density at radius 2 is 1.91 bits per heavy atom. The molecule has 1 saturated heterocycles. The van der Waals surface area contributed by atoms with E-state index in [2.05, 4.69) is 5.10 Å². The zero-order chi connectivity index (χ0) is 16.4. The molecule has 5 nitrogen and oxygen atoms in total. The molecular weight excluding hydrogens is 314 g/mol. The third kappa shape index (κ3) is 3.34. The first-order valence-electron chi connectivity index (χ1n) is 7.76. The van der Waals surface area contributed by atoms with E-state index in [1.165, 1.54) is 4.68 Å². The minimum atomic E-state index is -0.0428. The van der Waals surface area contributed by atoms with Gasteiger partial charge >= 0.3 is 0 Å². The van der Waals surface area contributed by atoms with Crippen molar-refractivity contribution in [1.82, 2.24) is 14.7 Å². The lowest BCUT2D eigenvalue weighted by atomic mass is 10.1. The molecule has 0 N–H and O–H groups in total. The molecule has 0 atom stereocenters. The van der Waals surface area contributed by atoms with E-state index in [0.29, 0.717) is 29.5 Å². The summed E-state index contributed by atoms with van der Waals surface area (Å²) in [5.41, 5.74) is 1.18. The fourth-order valence-corrected chi connectivity index (χ4v) is 3.15. The number of halogens is 1. The van der Waals surface area contributed by atoms with E-state index in [-0.39, 0.29) is 12.0 Å². The molecule has 0 bridgehead atoms. The molecule has 2 aromatic rings. The Bertz CT molecular complexity index is 691. The Labute approximate surface area is 140 Å². The highest BCUT2D eigenvalue weighted by molar-refractivity contribution is 6.33. The molecule has 1 amide bonds. The van der Waals surface area contributed by atoms with Crippen LogP contribution in [0.5, 0.6) is 5.75 Å². The summed E-state index contributed by atoms with van der Waals surface area (Å²) in [6.07, 6.45) is 1.78. The fraction of sp³-hybridized carbons (Fsp3) is 0.412. The third-order valence-electron chi connectivity index (χ3n) is 4.14. The second-order valence-electron chi connectivity index (χ2n) is 5.80. The lowest BCUT2D eigenvalue weighted by molar-refractivity contribution is 0.0595. The second-order valence-corrected chi connectivity index (χ2v) is 6.16. The maximum Gasteiger partial charge on any atom is 0.258 e. The molecule has 122 valence electrons. The van der Waals surface area contributed by atoms with Crippen LogP contribution in [0.2, 0.25) is 5.15 Å². The van der Waals surface area contributed by atoms with Gasteiger partial charge in [-0.1, -0.05) is 29.8 Å². The van der Waals surface area contributed by atoms with Crippen molar-refractivity contribution in [3.63, 3.8) is 0 Å². The molecule has 23 heavy (non-hydrogen) atoms. The first kappa shape index (κ1) is 15.9. The number of hydrogen-bond donors (Lipinski definition) is 0. The number of carbonyl (C=O) groups is 1. The van der Waals surface area contributed by atoms with Crippen molar-refractivity contribution in [2.75, 3.05) is 13.1 Å². The highest BCUT2D eigenvalue weighted by atomic mass is 35.5. The molecule has 1 aromatic heterocycles. The van der Waals surface area contributed by atoms with E-state index < -0.39 is 0 Å². The average molecular weight is 334 g/mol. The van der Waals surface area contributed by atoms with E-state index in [1.54, 1.807) is 7.05 Å². The molecule has 6 heteroatoms. The van der Waals surface area contributed by atoms with Crippen LogP contribution in [0.15, 0.2) is 30.3 Å². The van der Waals surface area contributed by atoms with Crippen LogP contribution < -0.4 is 4.74 Å². The Morgan fingerprint density at radius 3 is 2.48 bits per heavy atom. The molecule has 1 aliphatic heterocycles. The maximum absolute atomic E-state index is 12.7. The van der Waals surface area contributed by atoms with Gasteiger partial charge in [-0.25, -0.2) is 0 Å². The van der Waals surface area contributed by atoms with Crippen molar-refractivity contribution in [2.45, 2.75) is 25.9 Å². The summed E-state index contributed by atoms with van der Waals surface area (Å²) >= 11 is 6.19. The van der Waals surface area contributed by atoms with Gasteiger partial charge in [-0.05, 0) is 19.1 Å². The van der Waals surface area contributed by atoms with Crippen LogP contribution in [0.25, 0.3) is 0 Å². The first-order chi connectivity index (χ1) is 11.1. The van der Waals surface area contributed by atoms with Gasteiger partial charge in [0.2, 0.25) is 0 Å². The average Bonchev–Trinajstić information content (AvgIpc) is 2.81. The van der Waals surface area contributed by atoms with E-state index >= 15 is 0 Å². The number of para-hydroxylation sites is 1. The van der Waals surface area contributed by atoms with Crippen molar-refractivity contribution < 1.29 is 9.53 Å². The lowest BCUT2D eigenvalue weighted by Crippen LogP contribution is -2.42. The van der Waals surface area contributed by atoms with Crippen LogP contribution in [-0.2, 0) is 7.05 Å². The summed E-state index contributed by atoms with van der Waals surface area (Å²) < 4.78 is 7.50. The number of amides is 1. The largest absolute Gasteiger partial charge is 0.490 e. The van der Waals surface area contributed by atoms with Gasteiger partial charge in [0.05, 0.1) is 11.3 Å². The van der Waals surface area contributed by atoms with Gasteiger partial charge in [0, 0.05) is 33.0 Å². The van der Waals surface area contributed by atoms with Gasteiger partial charge in [-0.2, -0.15) is 5.10 Å². The Morgan fingerprint density at radius 1 is 1.26 bits per heavy atom. The normalized spacial score (nSPS) is 15.7. The molecule has 0 radical (unpaired) electrons. The second kappa shape index (κ2) is 6.62. The number of rotatable bonds is 3. The number of benzene rings is 1. The number of hydrogen-bond acceptors (Lipinski definition) is 3. The van der Waals surface area contributed by atoms with Crippen LogP contribution in [-0.4, -0.2) is 39.8 Å². The van der Waals surface area contributed by atoms with Crippen LogP contribution in [0, 0.1) is 6.92 Å². The van der Waals surface area contributed by atoms with Gasteiger partial charge in [-0.15, -0.1) is 0 Å². The highest BCUT2D eigenvalue weighted by Crippen LogP contribution is 2.24. The molecule has 1 fully saturated rings. The fourth-order valence-electron chi connectivity index (χ4n) is 2.90. The number of nitrogens with zero attached hydrogens (tertiary/aromatic N) is 3. The van der Waals surface area contributed by atoms with Crippen LogP contribution >= 0.6 is 11.6 Å². The molecule has 0 saturated carbocycles. The molecule has 0 spiro atoms. The lowest BCUT2D eigenvalue weighted by Gasteiger charge is -2.32. The van der Waals surface area contributed by atoms with E-state index in [4.69, 9.17) is 16.3 Å². The SMILES string of the molecule is Cc1nn(C)c(Cl)c1C(=O)N1CCC(Oc2ccccc2)CC1. The van der Waals surface area contributed by atoms with Crippen molar-refractivity contribution in [3.8, 4) is 5.75 Å². The summed E-state index contributed by atoms with van der Waals surface area (Å²) in [5.74, 6) is 0.835. The van der Waals surface area contributed by atoms with Crippen LogP contribution in [0.1, 0.15) is 28.9 Å². The standard InChI is InChI=1S/C17H20ClN3O2/c1-12-15(16(18)20(2)19-12)17(22)21-10-8-14(9-11-21)23-13-6-4-3-5-7-13/h3-7,14H,8-11H2,1-2H3. The van der Waals surface area contributed by atoms with Gasteiger partial charge < -0.3 is 9.64 Å². The van der Waals surface area contributed by atoms with Crippen LogP contribution in [0.3, 0.4) is 0 Å². The Balaban J connectivity index is 1.61. The summed E-state index contributed by atoms with van der Waals surface area (Å²) in [6.45, 7) is 3.15. The number of aryl methyl sites for hydroxylation is 2. The van der Waals surface area contributed by atoms with Crippen molar-refractivity contribution in [1.29, 1.82) is 0 Å². The topological polar surface area (TPSA) is 47.4 Å². The van der Waals surface area contributed by atoms with Gasteiger partial charge in [0.1, 0.15) is 17.0 Å². The number of ether oxygens (including phenoxy) is 1. The molecule has 1 aliphatic rings. The van der Waals surface area contributed by atoms with E-state index in [0.717, 1.165) is 18.6 Å². The zero-order valence-electron chi connectivity index (χ0n) is 13.3. The van der Waals surface area contributed by atoms with E-state index in [1.807, 2.05) is 42.2 Å². The minimum absolute atomic E-state index is 0.0428. The number of piperidine rings is 1. The monoisotopic (exact) mass is 333 g/mol. The smallest absolute Gasteiger partial charge is 0.258 e. The van der Waals surface area contributed by atoms with Crippen LogP contribution in [0.4, 0.5) is 0 Å².